The Labute approximate surface area is 123 Å². The van der Waals surface area contributed by atoms with Crippen molar-refractivity contribution < 1.29 is 18.7 Å². The van der Waals surface area contributed by atoms with Crippen molar-refractivity contribution in [1.29, 1.82) is 0 Å². The zero-order valence-corrected chi connectivity index (χ0v) is 12.0. The van der Waals surface area contributed by atoms with Crippen molar-refractivity contribution in [3.63, 3.8) is 0 Å². The third-order valence-electron chi connectivity index (χ3n) is 3.01. The number of carbonyl (C=O) groups is 1. The highest BCUT2D eigenvalue weighted by molar-refractivity contribution is 5.65. The Morgan fingerprint density at radius 2 is 2.10 bits per heavy atom. The topological polar surface area (TPSA) is 35.5 Å². The quantitative estimate of drug-likeness (QED) is 0.792. The van der Waals surface area contributed by atoms with Crippen LogP contribution in [-0.4, -0.2) is 13.1 Å². The molecular formula is C17H16FO3. The van der Waals surface area contributed by atoms with Gasteiger partial charge in [-0.3, -0.25) is 4.79 Å². The molecule has 2 rings (SSSR count). The summed E-state index contributed by atoms with van der Waals surface area (Å²) in [7, 11) is 1.50. The number of ether oxygens (including phenoxy) is 2. The normalized spacial score (nSPS) is 10.2. The Morgan fingerprint density at radius 3 is 2.76 bits per heavy atom. The molecule has 0 fully saturated rings. The molecule has 0 bridgehead atoms. The second-order valence-electron chi connectivity index (χ2n) is 4.64. The number of rotatable bonds is 5. The van der Waals surface area contributed by atoms with Gasteiger partial charge in [-0.25, -0.2) is 4.39 Å². The second kappa shape index (κ2) is 6.88. The van der Waals surface area contributed by atoms with Crippen LogP contribution in [0.5, 0.6) is 5.75 Å². The van der Waals surface area contributed by atoms with Crippen LogP contribution in [0.15, 0.2) is 36.4 Å². The molecule has 0 N–H and O–H groups in total. The Morgan fingerprint density at radius 1 is 1.29 bits per heavy atom. The molecule has 1 radical (unpaired) electrons. The van der Waals surface area contributed by atoms with Gasteiger partial charge in [-0.1, -0.05) is 24.3 Å². The summed E-state index contributed by atoms with van der Waals surface area (Å²) in [5, 5.41) is 0. The van der Waals surface area contributed by atoms with Crippen LogP contribution in [-0.2, 0) is 22.6 Å². The first-order valence-electron chi connectivity index (χ1n) is 6.54. The molecule has 0 atom stereocenters. The van der Waals surface area contributed by atoms with Crippen LogP contribution in [0.1, 0.15) is 23.6 Å². The molecule has 0 spiro atoms. The molecule has 0 aliphatic rings. The van der Waals surface area contributed by atoms with Gasteiger partial charge in [-0.15, -0.1) is 0 Å². The second-order valence-corrected chi connectivity index (χ2v) is 4.64. The SMILES string of the molecule is COc1ccc(Cc2[c]ccc(COC(C)=O)c2)c(F)c1. The molecule has 3 nitrogen and oxygen atoms in total. The highest BCUT2D eigenvalue weighted by Crippen LogP contribution is 2.19. The summed E-state index contributed by atoms with van der Waals surface area (Å²) in [5.41, 5.74) is 2.26. The van der Waals surface area contributed by atoms with E-state index in [1.54, 1.807) is 18.2 Å². The fraction of sp³-hybridized carbons (Fsp3) is 0.235. The summed E-state index contributed by atoms with van der Waals surface area (Å²) in [6.45, 7) is 1.57. The molecule has 0 aliphatic carbocycles. The van der Waals surface area contributed by atoms with Crippen LogP contribution in [0, 0.1) is 11.9 Å². The van der Waals surface area contributed by atoms with E-state index in [0.29, 0.717) is 17.7 Å². The molecule has 4 heteroatoms. The third kappa shape index (κ3) is 4.31. The molecule has 0 saturated heterocycles. The molecule has 0 aliphatic heterocycles. The van der Waals surface area contributed by atoms with Crippen molar-refractivity contribution >= 4 is 5.97 Å². The van der Waals surface area contributed by atoms with Crippen LogP contribution in [0.4, 0.5) is 4.39 Å². The van der Waals surface area contributed by atoms with Crippen molar-refractivity contribution in [1.82, 2.24) is 0 Å². The van der Waals surface area contributed by atoms with Crippen LogP contribution in [0.2, 0.25) is 0 Å². The smallest absolute Gasteiger partial charge is 0.302 e. The molecule has 21 heavy (non-hydrogen) atoms. The van der Waals surface area contributed by atoms with E-state index < -0.39 is 0 Å². The first-order chi connectivity index (χ1) is 10.1. The van der Waals surface area contributed by atoms with Gasteiger partial charge in [0.05, 0.1) is 7.11 Å². The largest absolute Gasteiger partial charge is 0.497 e. The van der Waals surface area contributed by atoms with Gasteiger partial charge >= 0.3 is 5.97 Å². The van der Waals surface area contributed by atoms with E-state index in [0.717, 1.165) is 11.1 Å². The first-order valence-corrected chi connectivity index (χ1v) is 6.54. The lowest BCUT2D eigenvalue weighted by molar-refractivity contribution is -0.142. The van der Waals surface area contributed by atoms with Gasteiger partial charge in [0.1, 0.15) is 18.2 Å². The Kier molecular flexibility index (Phi) is 4.93. The Balaban J connectivity index is 2.12. The monoisotopic (exact) mass is 287 g/mol. The molecule has 0 unspecified atom stereocenters. The Hall–Kier alpha value is -2.36. The summed E-state index contributed by atoms with van der Waals surface area (Å²) in [6.07, 6.45) is 0.420. The minimum atomic E-state index is -0.328. The van der Waals surface area contributed by atoms with E-state index in [4.69, 9.17) is 9.47 Å². The van der Waals surface area contributed by atoms with Gasteiger partial charge in [0.15, 0.2) is 0 Å². The number of carbonyl (C=O) groups excluding carboxylic acids is 1. The van der Waals surface area contributed by atoms with Crippen molar-refractivity contribution in [2.24, 2.45) is 0 Å². The lowest BCUT2D eigenvalue weighted by Gasteiger charge is -2.08. The van der Waals surface area contributed by atoms with E-state index in [9.17, 15) is 9.18 Å². The first kappa shape index (κ1) is 15.0. The molecule has 2 aromatic rings. The van der Waals surface area contributed by atoms with Crippen LogP contribution in [0.3, 0.4) is 0 Å². The zero-order valence-electron chi connectivity index (χ0n) is 12.0. The minimum Gasteiger partial charge on any atom is -0.497 e. The average molecular weight is 287 g/mol. The fourth-order valence-electron chi connectivity index (χ4n) is 1.95. The van der Waals surface area contributed by atoms with Crippen LogP contribution < -0.4 is 4.74 Å². The predicted molar refractivity (Wildman–Crippen MR) is 76.5 cm³/mol. The molecule has 0 amide bonds. The summed E-state index contributed by atoms with van der Waals surface area (Å²) < 4.78 is 23.8. The maximum Gasteiger partial charge on any atom is 0.302 e. The number of hydrogen-bond donors (Lipinski definition) is 0. The average Bonchev–Trinajstić information content (AvgIpc) is 2.47. The van der Waals surface area contributed by atoms with Gasteiger partial charge in [-0.2, -0.15) is 0 Å². The maximum absolute atomic E-state index is 13.9. The number of halogens is 1. The van der Waals surface area contributed by atoms with E-state index in [1.807, 2.05) is 12.1 Å². The molecule has 0 aromatic heterocycles. The van der Waals surface area contributed by atoms with Crippen molar-refractivity contribution in [2.45, 2.75) is 20.0 Å². The van der Waals surface area contributed by atoms with E-state index in [1.165, 1.54) is 20.1 Å². The van der Waals surface area contributed by atoms with Crippen LogP contribution in [0.25, 0.3) is 0 Å². The highest BCUT2D eigenvalue weighted by atomic mass is 19.1. The number of esters is 1. The fourth-order valence-corrected chi connectivity index (χ4v) is 1.95. The molecule has 2 aromatic carbocycles. The third-order valence-corrected chi connectivity index (χ3v) is 3.01. The molecular weight excluding hydrogens is 271 g/mol. The minimum absolute atomic E-state index is 0.210. The maximum atomic E-state index is 13.9. The number of hydrogen-bond acceptors (Lipinski definition) is 3. The van der Waals surface area contributed by atoms with Gasteiger partial charge in [-0.05, 0) is 28.8 Å². The summed E-state index contributed by atoms with van der Waals surface area (Å²) in [4.78, 5) is 10.8. The number of methoxy groups -OCH3 is 1. The van der Waals surface area contributed by atoms with Crippen molar-refractivity contribution in [3.05, 3.63) is 65.0 Å². The predicted octanol–water partition coefficient (Wildman–Crippen LogP) is 3.29. The van der Waals surface area contributed by atoms with Gasteiger partial charge < -0.3 is 9.47 Å². The lowest BCUT2D eigenvalue weighted by atomic mass is 10.0. The van der Waals surface area contributed by atoms with Gasteiger partial charge in [0.25, 0.3) is 0 Å². The summed E-state index contributed by atoms with van der Waals surface area (Å²) in [5.74, 6) is -0.150. The highest BCUT2D eigenvalue weighted by Gasteiger charge is 2.06. The van der Waals surface area contributed by atoms with Crippen molar-refractivity contribution in [2.75, 3.05) is 7.11 Å². The Bertz CT molecular complexity index is 638. The standard InChI is InChI=1S/C17H16FO3/c1-12(19)21-11-14-5-3-4-13(8-14)9-15-6-7-16(20-2)10-17(15)18/h3,5-8,10H,9,11H2,1-2H3. The molecule has 109 valence electrons. The number of benzene rings is 2. The van der Waals surface area contributed by atoms with E-state index in [-0.39, 0.29) is 18.4 Å². The van der Waals surface area contributed by atoms with Gasteiger partial charge in [0.2, 0.25) is 0 Å². The van der Waals surface area contributed by atoms with Crippen LogP contribution >= 0.6 is 0 Å². The molecule has 0 heterocycles. The lowest BCUT2D eigenvalue weighted by Crippen LogP contribution is -2.00. The van der Waals surface area contributed by atoms with E-state index >= 15 is 0 Å². The van der Waals surface area contributed by atoms with E-state index in [2.05, 4.69) is 6.07 Å². The molecule has 0 saturated carbocycles. The summed E-state index contributed by atoms with van der Waals surface area (Å²) >= 11 is 0. The van der Waals surface area contributed by atoms with Gasteiger partial charge in [0, 0.05) is 19.4 Å². The van der Waals surface area contributed by atoms with Crippen molar-refractivity contribution in [3.8, 4) is 5.75 Å². The summed E-state index contributed by atoms with van der Waals surface area (Å²) in [6, 6.07) is 13.3. The zero-order chi connectivity index (χ0) is 15.2.